The molecule has 1 amide bonds. The van der Waals surface area contributed by atoms with E-state index >= 15 is 0 Å². The molecule has 1 aliphatic heterocycles. The van der Waals surface area contributed by atoms with Gasteiger partial charge in [-0.25, -0.2) is 4.79 Å². The predicted octanol–water partition coefficient (Wildman–Crippen LogP) is 2.08. The van der Waals surface area contributed by atoms with Gasteiger partial charge in [0.1, 0.15) is 6.04 Å². The standard InChI is InChI=1S/C16H17BrN2O4/c17-11-2-1-3-12-14(11)10(7-18-12)6-13(16(21)22)19-15(20)9-4-5-23-8-9/h1-3,7,9,13,18H,4-6,8H2,(H,19,20)(H,21,22). The molecule has 3 N–H and O–H groups in total. The summed E-state index contributed by atoms with van der Waals surface area (Å²) in [6.45, 7) is 0.905. The second-order valence-electron chi connectivity index (χ2n) is 5.64. The molecule has 6 nitrogen and oxygen atoms in total. The topological polar surface area (TPSA) is 91.4 Å². The molecule has 1 saturated heterocycles. The Bertz CT molecular complexity index is 737. The first kappa shape index (κ1) is 16.0. The second-order valence-corrected chi connectivity index (χ2v) is 6.49. The summed E-state index contributed by atoms with van der Waals surface area (Å²) in [5.41, 5.74) is 1.77. The normalized spacial score (nSPS) is 18.9. The lowest BCUT2D eigenvalue weighted by molar-refractivity contribution is -0.142. The molecule has 1 aromatic carbocycles. The van der Waals surface area contributed by atoms with E-state index in [1.54, 1.807) is 6.20 Å². The van der Waals surface area contributed by atoms with E-state index in [0.717, 1.165) is 20.9 Å². The van der Waals surface area contributed by atoms with Gasteiger partial charge < -0.3 is 20.1 Å². The molecule has 0 spiro atoms. The maximum atomic E-state index is 12.1. The number of fused-ring (bicyclic) bond motifs is 1. The van der Waals surface area contributed by atoms with Crippen molar-refractivity contribution >= 4 is 38.7 Å². The van der Waals surface area contributed by atoms with E-state index < -0.39 is 12.0 Å². The van der Waals surface area contributed by atoms with Gasteiger partial charge >= 0.3 is 5.97 Å². The Morgan fingerprint density at radius 2 is 2.30 bits per heavy atom. The smallest absolute Gasteiger partial charge is 0.326 e. The number of carbonyl (C=O) groups excluding carboxylic acids is 1. The minimum atomic E-state index is -1.04. The maximum absolute atomic E-state index is 12.1. The number of rotatable bonds is 5. The molecule has 1 fully saturated rings. The Morgan fingerprint density at radius 1 is 1.48 bits per heavy atom. The van der Waals surface area contributed by atoms with Gasteiger partial charge in [-0.15, -0.1) is 0 Å². The number of aromatic amines is 1. The van der Waals surface area contributed by atoms with Gasteiger partial charge in [0.25, 0.3) is 0 Å². The summed E-state index contributed by atoms with van der Waals surface area (Å²) < 4.78 is 6.07. The number of nitrogens with one attached hydrogen (secondary N) is 2. The number of carboxylic acid groups (broad SMARTS) is 1. The Balaban J connectivity index is 1.78. The van der Waals surface area contributed by atoms with Gasteiger partial charge in [0.15, 0.2) is 0 Å². The molecule has 1 aliphatic rings. The first-order valence-corrected chi connectivity index (χ1v) is 8.21. The SMILES string of the molecule is O=C(NC(Cc1c[nH]c2cccc(Br)c12)C(=O)O)C1CCOC1. The molecule has 2 aromatic rings. The first-order valence-electron chi connectivity index (χ1n) is 7.41. The second kappa shape index (κ2) is 6.72. The van der Waals surface area contributed by atoms with Crippen LogP contribution in [-0.4, -0.2) is 41.2 Å². The summed E-state index contributed by atoms with van der Waals surface area (Å²) in [4.78, 5) is 26.8. The number of carboxylic acids is 1. The summed E-state index contributed by atoms with van der Waals surface area (Å²) in [6, 6.07) is 4.77. The van der Waals surface area contributed by atoms with Crippen molar-refractivity contribution in [2.75, 3.05) is 13.2 Å². The molecular weight excluding hydrogens is 364 g/mol. The quantitative estimate of drug-likeness (QED) is 0.740. The van der Waals surface area contributed by atoms with Crippen LogP contribution >= 0.6 is 15.9 Å². The van der Waals surface area contributed by atoms with Crippen LogP contribution in [-0.2, 0) is 20.7 Å². The minimum Gasteiger partial charge on any atom is -0.480 e. The number of H-pyrrole nitrogens is 1. The number of ether oxygens (including phenoxy) is 1. The maximum Gasteiger partial charge on any atom is 0.326 e. The van der Waals surface area contributed by atoms with Gasteiger partial charge in [-0.05, 0) is 24.1 Å². The Kier molecular flexibility index (Phi) is 4.68. The highest BCUT2D eigenvalue weighted by Gasteiger charge is 2.28. The molecule has 7 heteroatoms. The van der Waals surface area contributed by atoms with Crippen molar-refractivity contribution in [1.82, 2.24) is 10.3 Å². The number of benzene rings is 1. The zero-order chi connectivity index (χ0) is 16.4. The van der Waals surface area contributed by atoms with Crippen molar-refractivity contribution in [3.8, 4) is 0 Å². The number of halogens is 1. The van der Waals surface area contributed by atoms with Crippen molar-refractivity contribution in [3.63, 3.8) is 0 Å². The predicted molar refractivity (Wildman–Crippen MR) is 88.2 cm³/mol. The molecule has 23 heavy (non-hydrogen) atoms. The summed E-state index contributed by atoms with van der Waals surface area (Å²) >= 11 is 3.49. The molecule has 1 aromatic heterocycles. The highest BCUT2D eigenvalue weighted by molar-refractivity contribution is 9.10. The molecule has 0 bridgehead atoms. The molecule has 0 radical (unpaired) electrons. The average Bonchev–Trinajstić information content (AvgIpc) is 3.16. The van der Waals surface area contributed by atoms with Crippen LogP contribution in [0.25, 0.3) is 10.9 Å². The molecule has 2 heterocycles. The third-order valence-corrected chi connectivity index (χ3v) is 4.74. The van der Waals surface area contributed by atoms with Crippen LogP contribution in [0.2, 0.25) is 0 Å². The molecular formula is C16H17BrN2O4. The highest BCUT2D eigenvalue weighted by atomic mass is 79.9. The van der Waals surface area contributed by atoms with E-state index in [2.05, 4.69) is 26.2 Å². The molecule has 0 saturated carbocycles. The number of amides is 1. The van der Waals surface area contributed by atoms with Crippen LogP contribution in [0.15, 0.2) is 28.9 Å². The van der Waals surface area contributed by atoms with Crippen molar-refractivity contribution in [2.24, 2.45) is 5.92 Å². The van der Waals surface area contributed by atoms with E-state index in [0.29, 0.717) is 19.6 Å². The van der Waals surface area contributed by atoms with Crippen molar-refractivity contribution in [3.05, 3.63) is 34.4 Å². The molecule has 0 aliphatic carbocycles. The minimum absolute atomic E-state index is 0.220. The number of hydrogen-bond acceptors (Lipinski definition) is 3. The molecule has 3 rings (SSSR count). The fourth-order valence-corrected chi connectivity index (χ4v) is 3.44. The molecule has 122 valence electrons. The third-order valence-electron chi connectivity index (χ3n) is 4.08. The lowest BCUT2D eigenvalue weighted by Gasteiger charge is -2.16. The first-order chi connectivity index (χ1) is 11.1. The van der Waals surface area contributed by atoms with Gasteiger partial charge in [-0.2, -0.15) is 0 Å². The summed E-state index contributed by atoms with van der Waals surface area (Å²) in [5.74, 6) is -1.56. The lowest BCUT2D eigenvalue weighted by atomic mass is 10.0. The fraction of sp³-hybridized carbons (Fsp3) is 0.375. The molecule has 2 atom stereocenters. The van der Waals surface area contributed by atoms with Gasteiger partial charge in [-0.1, -0.05) is 22.0 Å². The van der Waals surface area contributed by atoms with Gasteiger partial charge in [-0.3, -0.25) is 4.79 Å². The van der Waals surface area contributed by atoms with Crippen molar-refractivity contribution in [1.29, 1.82) is 0 Å². The van der Waals surface area contributed by atoms with Crippen LogP contribution in [0, 0.1) is 5.92 Å². The summed E-state index contributed by atoms with van der Waals surface area (Å²) in [6.07, 6.45) is 2.64. The Labute approximate surface area is 141 Å². The number of aliphatic carboxylic acids is 1. The van der Waals surface area contributed by atoms with Crippen LogP contribution in [0.4, 0.5) is 0 Å². The van der Waals surface area contributed by atoms with Crippen molar-refractivity contribution < 1.29 is 19.4 Å². The Morgan fingerprint density at radius 3 is 3.00 bits per heavy atom. The number of aromatic nitrogens is 1. The molecule has 2 unspecified atom stereocenters. The third kappa shape index (κ3) is 3.40. The van der Waals surface area contributed by atoms with Gasteiger partial charge in [0.2, 0.25) is 5.91 Å². The number of carbonyl (C=O) groups is 2. The largest absolute Gasteiger partial charge is 0.480 e. The van der Waals surface area contributed by atoms with Gasteiger partial charge in [0, 0.05) is 34.6 Å². The fourth-order valence-electron chi connectivity index (χ4n) is 2.82. The monoisotopic (exact) mass is 380 g/mol. The van der Waals surface area contributed by atoms with Gasteiger partial charge in [0.05, 0.1) is 12.5 Å². The van der Waals surface area contributed by atoms with Crippen LogP contribution in [0.5, 0.6) is 0 Å². The number of hydrogen-bond donors (Lipinski definition) is 3. The van der Waals surface area contributed by atoms with E-state index in [9.17, 15) is 14.7 Å². The summed E-state index contributed by atoms with van der Waals surface area (Å²) in [7, 11) is 0. The van der Waals surface area contributed by atoms with E-state index in [1.807, 2.05) is 18.2 Å². The van der Waals surface area contributed by atoms with E-state index in [1.165, 1.54) is 0 Å². The van der Waals surface area contributed by atoms with E-state index in [4.69, 9.17) is 4.74 Å². The van der Waals surface area contributed by atoms with E-state index in [-0.39, 0.29) is 18.2 Å². The Hall–Kier alpha value is -1.86. The van der Waals surface area contributed by atoms with Crippen molar-refractivity contribution in [2.45, 2.75) is 18.9 Å². The summed E-state index contributed by atoms with van der Waals surface area (Å²) in [5, 5.41) is 13.0. The van der Waals surface area contributed by atoms with Crippen LogP contribution in [0.1, 0.15) is 12.0 Å². The zero-order valence-electron chi connectivity index (χ0n) is 12.3. The highest BCUT2D eigenvalue weighted by Crippen LogP contribution is 2.27. The lowest BCUT2D eigenvalue weighted by Crippen LogP contribution is -2.45. The van der Waals surface area contributed by atoms with Crippen LogP contribution < -0.4 is 5.32 Å². The zero-order valence-corrected chi connectivity index (χ0v) is 13.9. The van der Waals surface area contributed by atoms with Crippen LogP contribution in [0.3, 0.4) is 0 Å². The average molecular weight is 381 g/mol.